The normalized spacial score (nSPS) is 25.4. The minimum absolute atomic E-state index is 0.00788. The van der Waals surface area contributed by atoms with Crippen molar-refractivity contribution in [2.75, 3.05) is 13.7 Å². The summed E-state index contributed by atoms with van der Waals surface area (Å²) >= 11 is 6.56. The quantitative estimate of drug-likeness (QED) is 0.276. The second-order valence-corrected chi connectivity index (χ2v) is 8.91. The minimum Gasteiger partial charge on any atom is -0.469 e. The van der Waals surface area contributed by atoms with Crippen LogP contribution in [0.2, 0.25) is 0 Å². The van der Waals surface area contributed by atoms with Gasteiger partial charge in [0, 0.05) is 23.1 Å². The van der Waals surface area contributed by atoms with Gasteiger partial charge in [-0.2, -0.15) is 0 Å². The average molecular weight is 409 g/mol. The summed E-state index contributed by atoms with van der Waals surface area (Å²) in [5.41, 5.74) is 1.89. The molecule has 1 saturated carbocycles. The van der Waals surface area contributed by atoms with Crippen LogP contribution in [0.1, 0.15) is 63.0 Å². The first kappa shape index (κ1) is 22.9. The number of alkyl halides is 1. The maximum atomic E-state index is 11.1. The highest BCUT2D eigenvalue weighted by atomic mass is 35.5. The molecule has 4 atom stereocenters. The molecule has 0 heterocycles. The monoisotopic (exact) mass is 408 g/mol. The average Bonchev–Trinajstić information content (AvgIpc) is 2.97. The van der Waals surface area contributed by atoms with Gasteiger partial charge in [0.25, 0.3) is 0 Å². The number of esters is 1. The lowest BCUT2D eigenvalue weighted by Crippen LogP contribution is -2.22. The lowest BCUT2D eigenvalue weighted by atomic mass is 9.81. The predicted molar refractivity (Wildman–Crippen MR) is 113 cm³/mol. The zero-order valence-corrected chi connectivity index (χ0v) is 17.9. The smallest absolute Gasteiger partial charge is 0.305 e. The summed E-state index contributed by atoms with van der Waals surface area (Å²) in [6.07, 6.45) is 7.18. The lowest BCUT2D eigenvalue weighted by molar-refractivity contribution is -0.140. The first-order chi connectivity index (χ1) is 13.3. The standard InChI is InChI=1S/C23H33ClO4/c1-23(2,15-25)17-12-10-16(11-13-17)22-18(19(24)14-20(22)26)8-6-4-5-7-9-21(27)28-3/h4,6,10-13,18-20,22,25-26H,5,7-9,14-15H2,1-3H3/t18-,19+,20+,22+/m0/s1. The summed E-state index contributed by atoms with van der Waals surface area (Å²) in [6, 6.07) is 8.20. The molecule has 0 amide bonds. The number of halogens is 1. The van der Waals surface area contributed by atoms with Crippen LogP contribution in [0, 0.1) is 5.92 Å². The molecule has 4 nitrogen and oxygen atoms in total. The number of methoxy groups -OCH3 is 1. The minimum atomic E-state index is -0.447. The van der Waals surface area contributed by atoms with Crippen molar-refractivity contribution in [3.05, 3.63) is 47.5 Å². The number of unbranched alkanes of at least 4 members (excludes halogenated alkanes) is 1. The third-order valence-corrected chi connectivity index (χ3v) is 6.34. The molecule has 1 aliphatic rings. The lowest BCUT2D eigenvalue weighted by Gasteiger charge is -2.26. The summed E-state index contributed by atoms with van der Waals surface area (Å²) < 4.78 is 4.64. The number of rotatable bonds is 9. The Morgan fingerprint density at radius 1 is 1.29 bits per heavy atom. The van der Waals surface area contributed by atoms with Crippen molar-refractivity contribution in [1.29, 1.82) is 0 Å². The molecule has 0 bridgehead atoms. The molecule has 156 valence electrons. The number of allylic oxidation sites excluding steroid dienone is 2. The maximum Gasteiger partial charge on any atom is 0.305 e. The molecule has 28 heavy (non-hydrogen) atoms. The third kappa shape index (κ3) is 5.82. The van der Waals surface area contributed by atoms with Crippen LogP contribution in [-0.4, -0.2) is 41.4 Å². The molecule has 1 aromatic rings. The Morgan fingerprint density at radius 2 is 1.96 bits per heavy atom. The van der Waals surface area contributed by atoms with Crippen molar-refractivity contribution in [3.63, 3.8) is 0 Å². The highest BCUT2D eigenvalue weighted by Gasteiger charge is 2.41. The molecule has 0 saturated heterocycles. The van der Waals surface area contributed by atoms with Crippen LogP contribution in [0.3, 0.4) is 0 Å². The third-order valence-electron chi connectivity index (χ3n) is 5.83. The van der Waals surface area contributed by atoms with Gasteiger partial charge in [-0.1, -0.05) is 50.3 Å². The summed E-state index contributed by atoms with van der Waals surface area (Å²) in [7, 11) is 1.40. The highest BCUT2D eigenvalue weighted by Crippen LogP contribution is 2.45. The van der Waals surface area contributed by atoms with Gasteiger partial charge in [-0.3, -0.25) is 4.79 Å². The number of aliphatic hydroxyl groups is 2. The van der Waals surface area contributed by atoms with E-state index >= 15 is 0 Å². The summed E-state index contributed by atoms with van der Waals surface area (Å²) in [6.45, 7) is 4.11. The number of hydrogen-bond donors (Lipinski definition) is 2. The number of ether oxygens (including phenoxy) is 1. The molecular weight excluding hydrogens is 376 g/mol. The van der Waals surface area contributed by atoms with Crippen molar-refractivity contribution in [2.45, 2.75) is 68.8 Å². The van der Waals surface area contributed by atoms with E-state index in [-0.39, 0.29) is 35.2 Å². The molecule has 0 unspecified atom stereocenters. The molecule has 2 N–H and O–H groups in total. The van der Waals surface area contributed by atoms with Gasteiger partial charge in [0.05, 0.1) is 19.8 Å². The second-order valence-electron chi connectivity index (χ2n) is 8.35. The molecular formula is C23H33ClO4. The molecule has 0 aromatic heterocycles. The highest BCUT2D eigenvalue weighted by molar-refractivity contribution is 6.21. The van der Waals surface area contributed by atoms with E-state index in [1.807, 2.05) is 26.0 Å². The Labute approximate surface area is 173 Å². The van der Waals surface area contributed by atoms with E-state index in [0.717, 1.165) is 30.4 Å². The van der Waals surface area contributed by atoms with E-state index in [9.17, 15) is 15.0 Å². The Balaban J connectivity index is 2.00. The number of carbonyl (C=O) groups is 1. The van der Waals surface area contributed by atoms with Gasteiger partial charge in [-0.15, -0.1) is 11.6 Å². The Kier molecular flexibility index (Phi) is 8.54. The molecule has 0 radical (unpaired) electrons. The van der Waals surface area contributed by atoms with Crippen LogP contribution in [0.15, 0.2) is 36.4 Å². The molecule has 5 heteroatoms. The molecule has 2 rings (SSSR count). The number of hydrogen-bond acceptors (Lipinski definition) is 4. The molecule has 1 aromatic carbocycles. The van der Waals surface area contributed by atoms with Crippen LogP contribution < -0.4 is 0 Å². The number of benzene rings is 1. The van der Waals surface area contributed by atoms with Gasteiger partial charge >= 0.3 is 5.97 Å². The SMILES string of the molecule is COC(=O)CCCC=CC[C@@H]1[C@@H](c2ccc(C(C)(C)CO)cc2)[C@H](O)C[C@H]1Cl. The van der Waals surface area contributed by atoms with Crippen LogP contribution in [-0.2, 0) is 14.9 Å². The first-order valence-electron chi connectivity index (χ1n) is 10.1. The van der Waals surface area contributed by atoms with Gasteiger partial charge in [0.15, 0.2) is 0 Å². The van der Waals surface area contributed by atoms with Gasteiger partial charge in [-0.05, 0) is 42.7 Å². The van der Waals surface area contributed by atoms with E-state index in [0.29, 0.717) is 12.8 Å². The summed E-state index contributed by atoms with van der Waals surface area (Å²) in [5, 5.41) is 20.1. The fourth-order valence-corrected chi connectivity index (χ4v) is 4.35. The Morgan fingerprint density at radius 3 is 2.57 bits per heavy atom. The van der Waals surface area contributed by atoms with Gasteiger partial charge in [0.2, 0.25) is 0 Å². The zero-order valence-electron chi connectivity index (χ0n) is 17.1. The second kappa shape index (κ2) is 10.4. The van der Waals surface area contributed by atoms with Crippen molar-refractivity contribution in [1.82, 2.24) is 0 Å². The Hall–Kier alpha value is -1.36. The van der Waals surface area contributed by atoms with Gasteiger partial charge in [-0.25, -0.2) is 0 Å². The van der Waals surface area contributed by atoms with E-state index in [1.54, 1.807) is 0 Å². The van der Waals surface area contributed by atoms with Gasteiger partial charge < -0.3 is 14.9 Å². The maximum absolute atomic E-state index is 11.1. The van der Waals surface area contributed by atoms with E-state index in [2.05, 4.69) is 29.0 Å². The zero-order chi connectivity index (χ0) is 20.7. The fourth-order valence-electron chi connectivity index (χ4n) is 3.91. The topological polar surface area (TPSA) is 66.8 Å². The van der Waals surface area contributed by atoms with Crippen molar-refractivity contribution >= 4 is 17.6 Å². The first-order valence-corrected chi connectivity index (χ1v) is 10.5. The van der Waals surface area contributed by atoms with Crippen molar-refractivity contribution in [3.8, 4) is 0 Å². The molecule has 1 fully saturated rings. The molecule has 0 spiro atoms. The fraction of sp³-hybridized carbons (Fsp3) is 0.609. The van der Waals surface area contributed by atoms with E-state index < -0.39 is 6.10 Å². The van der Waals surface area contributed by atoms with Crippen LogP contribution in [0.5, 0.6) is 0 Å². The molecule has 0 aliphatic heterocycles. The van der Waals surface area contributed by atoms with E-state index in [1.165, 1.54) is 7.11 Å². The van der Waals surface area contributed by atoms with Crippen LogP contribution in [0.25, 0.3) is 0 Å². The van der Waals surface area contributed by atoms with Crippen LogP contribution >= 0.6 is 11.6 Å². The van der Waals surface area contributed by atoms with Gasteiger partial charge in [0.1, 0.15) is 0 Å². The van der Waals surface area contributed by atoms with Crippen LogP contribution in [0.4, 0.5) is 0 Å². The largest absolute Gasteiger partial charge is 0.469 e. The number of aliphatic hydroxyl groups excluding tert-OH is 2. The molecule has 1 aliphatic carbocycles. The summed E-state index contributed by atoms with van der Waals surface area (Å²) in [5.74, 6) is -0.000224. The number of carbonyl (C=O) groups excluding carboxylic acids is 1. The Bertz CT molecular complexity index is 653. The van der Waals surface area contributed by atoms with Crippen molar-refractivity contribution < 1.29 is 19.7 Å². The predicted octanol–water partition coefficient (Wildman–Crippen LogP) is 4.32. The summed E-state index contributed by atoms with van der Waals surface area (Å²) in [4.78, 5) is 11.1. The van der Waals surface area contributed by atoms with Crippen molar-refractivity contribution in [2.24, 2.45) is 5.92 Å². The van der Waals surface area contributed by atoms with E-state index in [4.69, 9.17) is 11.6 Å².